The van der Waals surface area contributed by atoms with Gasteiger partial charge in [-0.15, -0.1) is 24.0 Å². The van der Waals surface area contributed by atoms with Gasteiger partial charge < -0.3 is 10.6 Å². The number of hydrogen-bond donors (Lipinski definition) is 1. The Morgan fingerprint density at radius 3 is 2.48 bits per heavy atom. The lowest BCUT2D eigenvalue weighted by molar-refractivity contribution is 0.145. The van der Waals surface area contributed by atoms with Crippen LogP contribution in [0, 0.1) is 5.41 Å². The van der Waals surface area contributed by atoms with Crippen molar-refractivity contribution in [2.45, 2.75) is 44.6 Å². The quantitative estimate of drug-likeness (QED) is 0.468. The van der Waals surface area contributed by atoms with Crippen molar-refractivity contribution in [3.8, 4) is 0 Å². The van der Waals surface area contributed by atoms with E-state index in [2.05, 4.69) is 42.3 Å². The minimum Gasteiger partial charge on any atom is -0.370 e. The van der Waals surface area contributed by atoms with Crippen LogP contribution < -0.4 is 5.73 Å². The summed E-state index contributed by atoms with van der Waals surface area (Å²) >= 11 is 0. The minimum atomic E-state index is 0. The number of hydrogen-bond acceptors (Lipinski definition) is 1. The highest BCUT2D eigenvalue weighted by atomic mass is 127. The van der Waals surface area contributed by atoms with Gasteiger partial charge in [-0.1, -0.05) is 36.8 Å². The normalized spacial score (nSPS) is 20.3. The molecule has 116 valence electrons. The van der Waals surface area contributed by atoms with Crippen molar-refractivity contribution in [1.82, 2.24) is 4.90 Å². The molecule has 0 spiro atoms. The van der Waals surface area contributed by atoms with Crippen molar-refractivity contribution < 1.29 is 0 Å². The molecule has 2 aliphatic rings. The molecule has 0 amide bonds. The number of nitrogens with zero attached hydrogens (tertiary/aromatic N) is 2. The van der Waals surface area contributed by atoms with E-state index in [0.717, 1.165) is 18.9 Å². The molecular weight excluding hydrogens is 373 g/mol. The molecule has 4 heteroatoms. The molecule has 2 N–H and O–H groups in total. The van der Waals surface area contributed by atoms with Crippen molar-refractivity contribution in [2.75, 3.05) is 13.6 Å². The maximum atomic E-state index is 6.11. The first kappa shape index (κ1) is 16.6. The smallest absolute Gasteiger partial charge is 0.191 e. The molecule has 2 fully saturated rings. The van der Waals surface area contributed by atoms with Crippen LogP contribution in [0.4, 0.5) is 0 Å². The van der Waals surface area contributed by atoms with Gasteiger partial charge in [-0.05, 0) is 43.1 Å². The van der Waals surface area contributed by atoms with Crippen LogP contribution in [0.15, 0.2) is 35.3 Å². The Bertz CT molecular complexity index is 478. The monoisotopic (exact) mass is 399 g/mol. The zero-order chi connectivity index (χ0) is 14.0. The molecule has 0 atom stereocenters. The van der Waals surface area contributed by atoms with E-state index in [-0.39, 0.29) is 24.0 Å². The van der Waals surface area contributed by atoms with Gasteiger partial charge in [-0.3, -0.25) is 4.99 Å². The number of guanidine groups is 1. The van der Waals surface area contributed by atoms with Gasteiger partial charge in [0.1, 0.15) is 0 Å². The summed E-state index contributed by atoms with van der Waals surface area (Å²) in [4.78, 5) is 6.84. The van der Waals surface area contributed by atoms with Crippen LogP contribution >= 0.6 is 24.0 Å². The Morgan fingerprint density at radius 1 is 1.29 bits per heavy atom. The van der Waals surface area contributed by atoms with Crippen molar-refractivity contribution in [3.05, 3.63) is 35.9 Å². The fourth-order valence-electron chi connectivity index (χ4n) is 3.11. The first-order valence-electron chi connectivity index (χ1n) is 7.75. The van der Waals surface area contributed by atoms with Crippen LogP contribution in [0.25, 0.3) is 0 Å². The first-order chi connectivity index (χ1) is 9.69. The van der Waals surface area contributed by atoms with Gasteiger partial charge in [0.05, 0.1) is 0 Å². The van der Waals surface area contributed by atoms with E-state index in [4.69, 9.17) is 10.7 Å². The fourth-order valence-corrected chi connectivity index (χ4v) is 3.11. The van der Waals surface area contributed by atoms with E-state index in [9.17, 15) is 0 Å². The second kappa shape index (κ2) is 6.99. The molecule has 0 unspecified atom stereocenters. The zero-order valence-corrected chi connectivity index (χ0v) is 15.1. The minimum absolute atomic E-state index is 0. The molecule has 21 heavy (non-hydrogen) atoms. The van der Waals surface area contributed by atoms with Crippen LogP contribution in [0.1, 0.15) is 37.7 Å². The van der Waals surface area contributed by atoms with E-state index >= 15 is 0 Å². The molecule has 2 aliphatic carbocycles. The van der Waals surface area contributed by atoms with Gasteiger partial charge in [-0.25, -0.2) is 0 Å². The van der Waals surface area contributed by atoms with Crippen LogP contribution in [0.2, 0.25) is 0 Å². The second-order valence-electron chi connectivity index (χ2n) is 6.53. The number of halogens is 1. The summed E-state index contributed by atoms with van der Waals surface area (Å²) in [6.07, 6.45) is 7.57. The first-order valence-corrected chi connectivity index (χ1v) is 7.75. The van der Waals surface area contributed by atoms with Gasteiger partial charge in [0.25, 0.3) is 0 Å². The summed E-state index contributed by atoms with van der Waals surface area (Å²) in [5.74, 6) is 0.729. The van der Waals surface area contributed by atoms with E-state index < -0.39 is 0 Å². The molecule has 0 aromatic heterocycles. The summed E-state index contributed by atoms with van der Waals surface area (Å²) < 4.78 is 0. The largest absolute Gasteiger partial charge is 0.370 e. The van der Waals surface area contributed by atoms with Gasteiger partial charge in [0.15, 0.2) is 5.96 Å². The van der Waals surface area contributed by atoms with E-state index in [0.29, 0.717) is 11.5 Å². The fraction of sp³-hybridized carbons (Fsp3) is 0.588. The van der Waals surface area contributed by atoms with Gasteiger partial charge in [0.2, 0.25) is 0 Å². The number of rotatable bonds is 5. The molecular formula is C17H26IN3. The second-order valence-corrected chi connectivity index (χ2v) is 6.53. The summed E-state index contributed by atoms with van der Waals surface area (Å²) in [5.41, 5.74) is 7.90. The van der Waals surface area contributed by atoms with Crippen molar-refractivity contribution in [3.63, 3.8) is 0 Å². The number of nitrogens with two attached hydrogens (primary N) is 1. The molecule has 1 aromatic carbocycles. The lowest BCUT2D eigenvalue weighted by Gasteiger charge is -2.41. The molecule has 3 rings (SSSR count). The maximum Gasteiger partial charge on any atom is 0.191 e. The maximum absolute atomic E-state index is 6.11. The van der Waals surface area contributed by atoms with Crippen molar-refractivity contribution in [1.29, 1.82) is 0 Å². The van der Waals surface area contributed by atoms with Crippen LogP contribution in [-0.2, 0) is 6.42 Å². The third-order valence-corrected chi connectivity index (χ3v) is 4.87. The molecule has 3 nitrogen and oxygen atoms in total. The topological polar surface area (TPSA) is 41.6 Å². The number of aliphatic imine (C=N–C) groups is 1. The molecule has 0 radical (unpaired) electrons. The molecule has 0 heterocycles. The van der Waals surface area contributed by atoms with E-state index in [1.807, 2.05) is 0 Å². The van der Waals surface area contributed by atoms with E-state index in [1.165, 1.54) is 37.7 Å². The van der Waals surface area contributed by atoms with Crippen molar-refractivity contribution >= 4 is 29.9 Å². The standard InChI is InChI=1S/C17H25N3.HI/c1-20(15-8-9-15)16(18)19-13-17(10-5-11-17)12-14-6-3-2-4-7-14;/h2-4,6-7,15H,5,8-13H2,1H3,(H2,18,19);1H. The average Bonchev–Trinajstić information content (AvgIpc) is 3.26. The van der Waals surface area contributed by atoms with Gasteiger partial charge >= 0.3 is 0 Å². The molecule has 2 saturated carbocycles. The third kappa shape index (κ3) is 4.11. The van der Waals surface area contributed by atoms with Crippen LogP contribution in [0.5, 0.6) is 0 Å². The Labute approximate surface area is 145 Å². The highest BCUT2D eigenvalue weighted by Crippen LogP contribution is 2.44. The predicted molar refractivity (Wildman–Crippen MR) is 99.1 cm³/mol. The third-order valence-electron chi connectivity index (χ3n) is 4.87. The summed E-state index contributed by atoms with van der Waals surface area (Å²) in [6.45, 7) is 0.880. The summed E-state index contributed by atoms with van der Waals surface area (Å²) in [6, 6.07) is 11.4. The lowest BCUT2D eigenvalue weighted by atomic mass is 9.65. The lowest BCUT2D eigenvalue weighted by Crippen LogP contribution is -2.39. The van der Waals surface area contributed by atoms with Crippen LogP contribution in [0.3, 0.4) is 0 Å². The Morgan fingerprint density at radius 2 is 1.95 bits per heavy atom. The van der Waals surface area contributed by atoms with Gasteiger partial charge in [0, 0.05) is 19.6 Å². The molecule has 1 aromatic rings. The van der Waals surface area contributed by atoms with E-state index in [1.54, 1.807) is 0 Å². The average molecular weight is 399 g/mol. The Hall–Kier alpha value is -0.780. The predicted octanol–water partition coefficient (Wildman–Crippen LogP) is 3.43. The van der Waals surface area contributed by atoms with Crippen molar-refractivity contribution in [2.24, 2.45) is 16.1 Å². The van der Waals surface area contributed by atoms with Crippen LogP contribution in [-0.4, -0.2) is 30.5 Å². The molecule has 0 aliphatic heterocycles. The SMILES string of the molecule is CN(C(N)=NCC1(Cc2ccccc2)CCC1)C1CC1.I. The molecule has 0 saturated heterocycles. The summed E-state index contributed by atoms with van der Waals surface area (Å²) in [7, 11) is 2.07. The van der Waals surface area contributed by atoms with Gasteiger partial charge in [-0.2, -0.15) is 0 Å². The Balaban J connectivity index is 0.00000161. The molecule has 0 bridgehead atoms. The highest BCUT2D eigenvalue weighted by Gasteiger charge is 2.37. The Kier molecular flexibility index (Phi) is 5.52. The number of benzene rings is 1. The highest BCUT2D eigenvalue weighted by molar-refractivity contribution is 14.0. The summed E-state index contributed by atoms with van der Waals surface area (Å²) in [5, 5.41) is 0. The zero-order valence-electron chi connectivity index (χ0n) is 12.8.